The van der Waals surface area contributed by atoms with Crippen molar-refractivity contribution in [1.29, 1.82) is 0 Å². The number of hydrogen-bond acceptors (Lipinski definition) is 3. The Hall–Kier alpha value is -1.66. The molecule has 4 nitrogen and oxygen atoms in total. The molecule has 92 valence electrons. The average Bonchev–Trinajstić information content (AvgIpc) is 2.85. The van der Waals surface area contributed by atoms with E-state index in [4.69, 9.17) is 22.4 Å². The third-order valence-corrected chi connectivity index (χ3v) is 3.18. The second kappa shape index (κ2) is 5.32. The molecule has 0 saturated carbocycles. The van der Waals surface area contributed by atoms with Gasteiger partial charge in [0.05, 0.1) is 17.5 Å². The number of thiocarbonyl (C=S) groups is 1. The number of halogens is 1. The average molecular weight is 325 g/mol. The first-order valence-electron chi connectivity index (χ1n) is 5.01. The van der Waals surface area contributed by atoms with Crippen LogP contribution in [0.4, 0.5) is 5.69 Å². The van der Waals surface area contributed by atoms with Gasteiger partial charge in [-0.05, 0) is 40.2 Å². The lowest BCUT2D eigenvalue weighted by Gasteiger charge is -2.07. The van der Waals surface area contributed by atoms with Crippen LogP contribution in [-0.4, -0.2) is 10.9 Å². The highest BCUT2D eigenvalue weighted by Gasteiger charge is 2.10. The molecule has 0 unspecified atom stereocenters. The second-order valence-electron chi connectivity index (χ2n) is 3.53. The van der Waals surface area contributed by atoms with Crippen molar-refractivity contribution in [3.05, 3.63) is 52.4 Å². The van der Waals surface area contributed by atoms with Crippen molar-refractivity contribution in [3.8, 4) is 0 Å². The highest BCUT2D eigenvalue weighted by atomic mass is 79.9. The van der Waals surface area contributed by atoms with Crippen LogP contribution < -0.4 is 11.1 Å². The molecule has 1 aromatic heterocycles. The van der Waals surface area contributed by atoms with E-state index in [0.29, 0.717) is 20.7 Å². The van der Waals surface area contributed by atoms with Crippen LogP contribution in [0.2, 0.25) is 0 Å². The van der Waals surface area contributed by atoms with Crippen molar-refractivity contribution in [1.82, 2.24) is 0 Å². The Kier molecular flexibility index (Phi) is 3.78. The zero-order chi connectivity index (χ0) is 13.1. The van der Waals surface area contributed by atoms with Crippen molar-refractivity contribution in [2.75, 3.05) is 5.32 Å². The highest BCUT2D eigenvalue weighted by molar-refractivity contribution is 9.10. The third-order valence-electron chi connectivity index (χ3n) is 2.29. The van der Waals surface area contributed by atoms with E-state index in [1.165, 1.54) is 12.5 Å². The fraction of sp³-hybridized carbons (Fsp3) is 0. The molecule has 0 saturated heterocycles. The largest absolute Gasteiger partial charge is 0.472 e. The molecule has 1 amide bonds. The third kappa shape index (κ3) is 2.77. The number of furan rings is 1. The van der Waals surface area contributed by atoms with E-state index < -0.39 is 0 Å². The smallest absolute Gasteiger partial charge is 0.258 e. The van der Waals surface area contributed by atoms with Crippen LogP contribution in [0.1, 0.15) is 15.9 Å². The van der Waals surface area contributed by atoms with Gasteiger partial charge in [0.2, 0.25) is 0 Å². The summed E-state index contributed by atoms with van der Waals surface area (Å²) in [5.74, 6) is -0.243. The molecule has 0 spiro atoms. The van der Waals surface area contributed by atoms with Crippen LogP contribution in [0.3, 0.4) is 0 Å². The van der Waals surface area contributed by atoms with Gasteiger partial charge < -0.3 is 15.5 Å². The summed E-state index contributed by atoms with van der Waals surface area (Å²) in [6.07, 6.45) is 2.83. The minimum absolute atomic E-state index is 0.243. The summed E-state index contributed by atoms with van der Waals surface area (Å²) < 4.78 is 5.56. The van der Waals surface area contributed by atoms with E-state index in [9.17, 15) is 4.79 Å². The van der Waals surface area contributed by atoms with E-state index in [1.54, 1.807) is 24.3 Å². The number of benzene rings is 1. The quantitative estimate of drug-likeness (QED) is 0.852. The Bertz CT molecular complexity index is 596. The van der Waals surface area contributed by atoms with Gasteiger partial charge in [-0.25, -0.2) is 0 Å². The van der Waals surface area contributed by atoms with Gasteiger partial charge in [0.15, 0.2) is 0 Å². The predicted molar refractivity (Wildman–Crippen MR) is 76.7 cm³/mol. The second-order valence-corrected chi connectivity index (χ2v) is 4.82. The molecule has 2 aromatic rings. The Morgan fingerprint density at radius 1 is 1.33 bits per heavy atom. The number of amides is 1. The molecule has 0 aliphatic heterocycles. The zero-order valence-electron chi connectivity index (χ0n) is 9.14. The summed E-state index contributed by atoms with van der Waals surface area (Å²) >= 11 is 8.23. The Morgan fingerprint density at radius 2 is 2.11 bits per heavy atom. The van der Waals surface area contributed by atoms with Gasteiger partial charge in [0.1, 0.15) is 11.3 Å². The Balaban J connectivity index is 2.20. The molecule has 0 atom stereocenters. The first kappa shape index (κ1) is 12.8. The number of rotatable bonds is 3. The maximum Gasteiger partial charge on any atom is 0.258 e. The predicted octanol–water partition coefficient (Wildman–Crippen LogP) is 2.93. The number of carbonyl (C=O) groups excluding carboxylic acids is 1. The Morgan fingerprint density at radius 3 is 2.67 bits per heavy atom. The minimum atomic E-state index is -0.243. The van der Waals surface area contributed by atoms with Crippen LogP contribution in [0.25, 0.3) is 0 Å². The standard InChI is InChI=1S/C12H9BrN2O2S/c13-9-5-7(11(14)18)1-2-10(9)15-12(16)8-3-4-17-6-8/h1-6H,(H2,14,18)(H,15,16). The molecule has 0 aliphatic carbocycles. The SMILES string of the molecule is NC(=S)c1ccc(NC(=O)c2ccoc2)c(Br)c1. The molecule has 1 aromatic carbocycles. The summed E-state index contributed by atoms with van der Waals surface area (Å²) in [4.78, 5) is 12.1. The van der Waals surface area contributed by atoms with Crippen molar-refractivity contribution < 1.29 is 9.21 Å². The van der Waals surface area contributed by atoms with Gasteiger partial charge in [-0.15, -0.1) is 0 Å². The molecule has 0 radical (unpaired) electrons. The Labute approximate surface area is 117 Å². The normalized spacial score (nSPS) is 10.1. The number of anilines is 1. The minimum Gasteiger partial charge on any atom is -0.472 e. The fourth-order valence-electron chi connectivity index (χ4n) is 1.36. The molecule has 18 heavy (non-hydrogen) atoms. The molecule has 0 bridgehead atoms. The van der Waals surface area contributed by atoms with Gasteiger partial charge in [-0.2, -0.15) is 0 Å². The van der Waals surface area contributed by atoms with Crippen molar-refractivity contribution in [2.24, 2.45) is 5.73 Å². The summed E-state index contributed by atoms with van der Waals surface area (Å²) in [5.41, 5.74) is 7.36. The van der Waals surface area contributed by atoms with Crippen molar-refractivity contribution in [3.63, 3.8) is 0 Å². The van der Waals surface area contributed by atoms with Gasteiger partial charge in [-0.3, -0.25) is 4.79 Å². The molecule has 0 aliphatic rings. The molecule has 2 rings (SSSR count). The number of hydrogen-bond donors (Lipinski definition) is 2. The highest BCUT2D eigenvalue weighted by Crippen LogP contribution is 2.24. The summed E-state index contributed by atoms with van der Waals surface area (Å²) in [5, 5.41) is 2.75. The summed E-state index contributed by atoms with van der Waals surface area (Å²) in [6, 6.07) is 6.83. The maximum absolute atomic E-state index is 11.8. The monoisotopic (exact) mass is 324 g/mol. The van der Waals surface area contributed by atoms with Gasteiger partial charge >= 0.3 is 0 Å². The maximum atomic E-state index is 11.8. The van der Waals surface area contributed by atoms with E-state index >= 15 is 0 Å². The zero-order valence-corrected chi connectivity index (χ0v) is 11.5. The van der Waals surface area contributed by atoms with Crippen molar-refractivity contribution in [2.45, 2.75) is 0 Å². The first-order valence-corrected chi connectivity index (χ1v) is 6.21. The van der Waals surface area contributed by atoms with Gasteiger partial charge in [0.25, 0.3) is 5.91 Å². The summed E-state index contributed by atoms with van der Waals surface area (Å²) in [7, 11) is 0. The van der Waals surface area contributed by atoms with Crippen LogP contribution in [0, 0.1) is 0 Å². The summed E-state index contributed by atoms with van der Waals surface area (Å²) in [6.45, 7) is 0. The van der Waals surface area contributed by atoms with Crippen molar-refractivity contribution >= 4 is 44.7 Å². The lowest BCUT2D eigenvalue weighted by molar-refractivity contribution is 0.102. The van der Waals surface area contributed by atoms with Crippen LogP contribution in [-0.2, 0) is 0 Å². The fourth-order valence-corrected chi connectivity index (χ4v) is 1.96. The van der Waals surface area contributed by atoms with Crippen LogP contribution in [0.5, 0.6) is 0 Å². The van der Waals surface area contributed by atoms with Gasteiger partial charge in [0, 0.05) is 10.0 Å². The van der Waals surface area contributed by atoms with Crippen LogP contribution in [0.15, 0.2) is 45.7 Å². The molecular weight excluding hydrogens is 316 g/mol. The molecule has 6 heteroatoms. The van der Waals surface area contributed by atoms with E-state index in [0.717, 1.165) is 5.56 Å². The van der Waals surface area contributed by atoms with E-state index in [1.807, 2.05) is 0 Å². The number of nitrogens with one attached hydrogen (secondary N) is 1. The molecule has 3 N–H and O–H groups in total. The van der Waals surface area contributed by atoms with E-state index in [2.05, 4.69) is 21.2 Å². The molecule has 1 heterocycles. The first-order chi connectivity index (χ1) is 8.58. The number of carbonyl (C=O) groups is 1. The number of nitrogens with two attached hydrogens (primary N) is 1. The molecular formula is C12H9BrN2O2S. The lowest BCUT2D eigenvalue weighted by Crippen LogP contribution is -2.13. The van der Waals surface area contributed by atoms with Crippen LogP contribution >= 0.6 is 28.1 Å². The van der Waals surface area contributed by atoms with Gasteiger partial charge in [-0.1, -0.05) is 12.2 Å². The van der Waals surface area contributed by atoms with E-state index in [-0.39, 0.29) is 5.91 Å². The molecule has 0 fully saturated rings. The topological polar surface area (TPSA) is 68.3 Å². The lowest BCUT2D eigenvalue weighted by atomic mass is 10.2.